The molecule has 0 amide bonds. The van der Waals surface area contributed by atoms with Crippen LogP contribution in [0, 0.1) is 5.82 Å². The Labute approximate surface area is 146 Å². The van der Waals surface area contributed by atoms with Crippen molar-refractivity contribution in [1.29, 1.82) is 0 Å². The van der Waals surface area contributed by atoms with Gasteiger partial charge in [-0.25, -0.2) is 12.8 Å². The molecule has 0 atom stereocenters. The minimum Gasteiger partial charge on any atom is -0.370 e. The molecule has 0 bridgehead atoms. The van der Waals surface area contributed by atoms with Gasteiger partial charge in [0.25, 0.3) is 10.0 Å². The average molecular weight is 368 g/mol. The summed E-state index contributed by atoms with van der Waals surface area (Å²) >= 11 is 1.25. The summed E-state index contributed by atoms with van der Waals surface area (Å²) in [6.07, 6.45) is 4.09. The van der Waals surface area contributed by atoms with Crippen molar-refractivity contribution < 1.29 is 12.8 Å². The van der Waals surface area contributed by atoms with Crippen LogP contribution in [0.1, 0.15) is 31.1 Å². The van der Waals surface area contributed by atoms with Crippen LogP contribution in [-0.2, 0) is 16.4 Å². The molecule has 0 unspecified atom stereocenters. The maximum Gasteiger partial charge on any atom is 0.271 e. The van der Waals surface area contributed by atoms with E-state index in [2.05, 4.69) is 9.62 Å². The van der Waals surface area contributed by atoms with Crippen LogP contribution in [-0.4, -0.2) is 21.5 Å². The Morgan fingerprint density at radius 3 is 2.58 bits per heavy atom. The van der Waals surface area contributed by atoms with Crippen LogP contribution in [0.5, 0.6) is 0 Å². The number of benzene rings is 1. The maximum absolute atomic E-state index is 13.7. The summed E-state index contributed by atoms with van der Waals surface area (Å²) in [6.45, 7) is 3.70. The monoisotopic (exact) mass is 368 g/mol. The lowest BCUT2D eigenvalue weighted by atomic mass is 10.1. The molecule has 7 heteroatoms. The van der Waals surface area contributed by atoms with Crippen molar-refractivity contribution in [2.75, 3.05) is 22.7 Å². The Balaban J connectivity index is 1.92. The van der Waals surface area contributed by atoms with Gasteiger partial charge in [-0.15, -0.1) is 11.3 Å². The summed E-state index contributed by atoms with van der Waals surface area (Å²) in [4.78, 5) is 3.12. The number of nitrogens with zero attached hydrogens (tertiary/aromatic N) is 1. The van der Waals surface area contributed by atoms with E-state index in [-0.39, 0.29) is 4.21 Å². The van der Waals surface area contributed by atoms with E-state index in [1.54, 1.807) is 12.1 Å². The molecule has 1 N–H and O–H groups in total. The predicted molar refractivity (Wildman–Crippen MR) is 97.0 cm³/mol. The van der Waals surface area contributed by atoms with E-state index in [0.717, 1.165) is 42.9 Å². The van der Waals surface area contributed by atoms with Crippen LogP contribution in [0.4, 0.5) is 15.8 Å². The fourth-order valence-electron chi connectivity index (χ4n) is 2.89. The van der Waals surface area contributed by atoms with E-state index >= 15 is 0 Å². The van der Waals surface area contributed by atoms with Crippen molar-refractivity contribution in [3.8, 4) is 0 Å². The molecule has 2 aromatic rings. The molecule has 1 fully saturated rings. The zero-order valence-electron chi connectivity index (χ0n) is 13.6. The highest BCUT2D eigenvalue weighted by atomic mass is 32.2. The Morgan fingerprint density at radius 1 is 1.17 bits per heavy atom. The smallest absolute Gasteiger partial charge is 0.271 e. The standard InChI is InChI=1S/C17H21FN2O2S2/c1-2-14-7-9-17(23-14)24(21,22)19-15-12-13(18)6-8-16(15)20-10-4-3-5-11-20/h6-9,12,19H,2-5,10-11H2,1H3. The lowest BCUT2D eigenvalue weighted by Gasteiger charge is -2.30. The molecule has 1 saturated heterocycles. The normalized spacial score (nSPS) is 15.5. The minimum atomic E-state index is -3.71. The Kier molecular flexibility index (Phi) is 5.10. The van der Waals surface area contributed by atoms with Crippen molar-refractivity contribution in [3.05, 3.63) is 41.0 Å². The SMILES string of the molecule is CCc1ccc(S(=O)(=O)Nc2cc(F)ccc2N2CCCCC2)s1. The van der Waals surface area contributed by atoms with E-state index in [1.807, 2.05) is 13.0 Å². The van der Waals surface area contributed by atoms with Crippen molar-refractivity contribution in [3.63, 3.8) is 0 Å². The van der Waals surface area contributed by atoms with Gasteiger partial charge < -0.3 is 4.90 Å². The van der Waals surface area contributed by atoms with E-state index in [4.69, 9.17) is 0 Å². The molecule has 130 valence electrons. The quantitative estimate of drug-likeness (QED) is 0.859. The van der Waals surface area contributed by atoms with E-state index < -0.39 is 15.8 Å². The number of nitrogens with one attached hydrogen (secondary N) is 1. The summed E-state index contributed by atoms with van der Waals surface area (Å²) in [7, 11) is -3.71. The van der Waals surface area contributed by atoms with E-state index in [0.29, 0.717) is 5.69 Å². The number of halogens is 1. The number of thiophene rings is 1. The van der Waals surface area contributed by atoms with Crippen LogP contribution in [0.3, 0.4) is 0 Å². The average Bonchev–Trinajstić information content (AvgIpc) is 3.05. The zero-order valence-corrected chi connectivity index (χ0v) is 15.2. The number of aryl methyl sites for hydroxylation is 1. The number of anilines is 2. The molecule has 1 aliphatic heterocycles. The molecule has 0 radical (unpaired) electrons. The Bertz CT molecular complexity index is 812. The zero-order chi connectivity index (χ0) is 17.2. The predicted octanol–water partition coefficient (Wildman–Crippen LogP) is 4.24. The van der Waals surface area contributed by atoms with E-state index in [1.165, 1.54) is 29.9 Å². The summed E-state index contributed by atoms with van der Waals surface area (Å²) < 4.78 is 41.8. The molecule has 0 saturated carbocycles. The lowest BCUT2D eigenvalue weighted by molar-refractivity contribution is 0.577. The molecular formula is C17H21FN2O2S2. The Morgan fingerprint density at radius 2 is 1.92 bits per heavy atom. The summed E-state index contributed by atoms with van der Waals surface area (Å²) in [5, 5.41) is 0. The molecule has 1 aromatic heterocycles. The van der Waals surface area contributed by atoms with Gasteiger partial charge in [-0.05, 0) is 49.9 Å². The van der Waals surface area contributed by atoms with Crippen LogP contribution in [0.25, 0.3) is 0 Å². The van der Waals surface area contributed by atoms with Gasteiger partial charge in [-0.2, -0.15) is 0 Å². The maximum atomic E-state index is 13.7. The molecule has 1 aliphatic rings. The molecule has 1 aromatic carbocycles. The van der Waals surface area contributed by atoms with Gasteiger partial charge >= 0.3 is 0 Å². The van der Waals surface area contributed by atoms with Crippen molar-refractivity contribution in [2.45, 2.75) is 36.8 Å². The van der Waals surface area contributed by atoms with Gasteiger partial charge in [0.1, 0.15) is 10.0 Å². The van der Waals surface area contributed by atoms with Crippen LogP contribution >= 0.6 is 11.3 Å². The third-order valence-corrected chi connectivity index (χ3v) is 7.24. The number of hydrogen-bond donors (Lipinski definition) is 1. The number of hydrogen-bond acceptors (Lipinski definition) is 4. The highest BCUT2D eigenvalue weighted by molar-refractivity contribution is 7.94. The fourth-order valence-corrected chi connectivity index (χ4v) is 5.25. The number of sulfonamides is 1. The second-order valence-electron chi connectivity index (χ2n) is 5.89. The van der Waals surface area contributed by atoms with Crippen LogP contribution in [0.15, 0.2) is 34.5 Å². The van der Waals surface area contributed by atoms with Gasteiger partial charge in [0.15, 0.2) is 0 Å². The van der Waals surface area contributed by atoms with Crippen LogP contribution in [0.2, 0.25) is 0 Å². The van der Waals surface area contributed by atoms with Crippen LogP contribution < -0.4 is 9.62 Å². The lowest BCUT2D eigenvalue weighted by Crippen LogP contribution is -2.30. The highest BCUT2D eigenvalue weighted by Gasteiger charge is 2.21. The van der Waals surface area contributed by atoms with Gasteiger partial charge in [-0.3, -0.25) is 4.72 Å². The summed E-state index contributed by atoms with van der Waals surface area (Å²) in [6, 6.07) is 7.71. The van der Waals surface area contributed by atoms with Gasteiger partial charge in [-0.1, -0.05) is 6.92 Å². The van der Waals surface area contributed by atoms with Crippen molar-refractivity contribution in [2.24, 2.45) is 0 Å². The first kappa shape index (κ1) is 17.2. The van der Waals surface area contributed by atoms with Gasteiger partial charge in [0, 0.05) is 24.0 Å². The first-order valence-electron chi connectivity index (χ1n) is 8.15. The van der Waals surface area contributed by atoms with Gasteiger partial charge in [0.2, 0.25) is 0 Å². The van der Waals surface area contributed by atoms with Crippen molar-refractivity contribution in [1.82, 2.24) is 0 Å². The van der Waals surface area contributed by atoms with Gasteiger partial charge in [0.05, 0.1) is 11.4 Å². The minimum absolute atomic E-state index is 0.258. The molecule has 0 aliphatic carbocycles. The molecule has 4 nitrogen and oxygen atoms in total. The molecular weight excluding hydrogens is 347 g/mol. The highest BCUT2D eigenvalue weighted by Crippen LogP contribution is 2.32. The molecule has 2 heterocycles. The third-order valence-electron chi connectivity index (χ3n) is 4.15. The first-order chi connectivity index (χ1) is 11.5. The molecule has 24 heavy (non-hydrogen) atoms. The fraction of sp³-hybridized carbons (Fsp3) is 0.412. The first-order valence-corrected chi connectivity index (χ1v) is 10.5. The van der Waals surface area contributed by atoms with E-state index in [9.17, 15) is 12.8 Å². The third kappa shape index (κ3) is 3.72. The van der Waals surface area contributed by atoms with Crippen molar-refractivity contribution >= 4 is 32.7 Å². The largest absolute Gasteiger partial charge is 0.370 e. The number of rotatable bonds is 5. The Hall–Kier alpha value is -1.60. The summed E-state index contributed by atoms with van der Waals surface area (Å²) in [5.41, 5.74) is 1.05. The second kappa shape index (κ2) is 7.11. The number of piperidine rings is 1. The summed E-state index contributed by atoms with van der Waals surface area (Å²) in [5.74, 6) is -0.450. The molecule has 3 rings (SSSR count). The second-order valence-corrected chi connectivity index (χ2v) is 8.97. The topological polar surface area (TPSA) is 49.4 Å². The molecule has 0 spiro atoms.